The van der Waals surface area contributed by atoms with E-state index in [4.69, 9.17) is 4.74 Å². The lowest BCUT2D eigenvalue weighted by atomic mass is 9.95. The van der Waals surface area contributed by atoms with Crippen molar-refractivity contribution in [3.63, 3.8) is 0 Å². The monoisotopic (exact) mass is 395 g/mol. The Bertz CT molecular complexity index is 775. The summed E-state index contributed by atoms with van der Waals surface area (Å²) >= 11 is 3.17. The number of fused-ring (bicyclic) bond motifs is 1. The molecule has 0 unspecified atom stereocenters. The number of aryl methyl sites for hydroxylation is 1. The number of thiophene rings is 1. The van der Waals surface area contributed by atoms with Gasteiger partial charge in [-0.3, -0.25) is 4.79 Å². The second kappa shape index (κ2) is 8.63. The first-order chi connectivity index (χ1) is 12.7. The molecule has 0 aromatic carbocycles. The number of hydrogen-bond acceptors (Lipinski definition) is 8. The molecule has 0 spiro atoms. The quantitative estimate of drug-likeness (QED) is 0.711. The number of aromatic nitrogens is 4. The SMILES string of the molecule is COC(=O)[C@@H](CCSC)NC(=O)c1c(-n2cnnn2)sc2c1CCCC2. The molecule has 0 bridgehead atoms. The van der Waals surface area contributed by atoms with E-state index < -0.39 is 12.0 Å². The van der Waals surface area contributed by atoms with Gasteiger partial charge in [-0.05, 0) is 60.1 Å². The summed E-state index contributed by atoms with van der Waals surface area (Å²) in [6.07, 6.45) is 7.93. The van der Waals surface area contributed by atoms with Crippen LogP contribution in [0.2, 0.25) is 0 Å². The maximum Gasteiger partial charge on any atom is 0.328 e. The topological polar surface area (TPSA) is 99.0 Å². The van der Waals surface area contributed by atoms with E-state index in [1.807, 2.05) is 6.26 Å². The zero-order valence-electron chi connectivity index (χ0n) is 14.7. The van der Waals surface area contributed by atoms with Crippen LogP contribution in [0.1, 0.15) is 40.1 Å². The summed E-state index contributed by atoms with van der Waals surface area (Å²) in [5.74, 6) is 0.0497. The standard InChI is InChI=1S/C16H21N5O3S2/c1-24-16(23)11(7-8-25-2)18-14(22)13-10-5-3-4-6-12(10)26-15(13)21-9-17-19-20-21/h9,11H,3-8H2,1-2H3,(H,18,22)/t11-/m1/s1. The van der Waals surface area contributed by atoms with Crippen molar-refractivity contribution in [1.82, 2.24) is 25.5 Å². The number of nitrogens with one attached hydrogen (secondary N) is 1. The van der Waals surface area contributed by atoms with Crippen molar-refractivity contribution >= 4 is 35.0 Å². The average molecular weight is 396 g/mol. The van der Waals surface area contributed by atoms with E-state index in [1.165, 1.54) is 23.0 Å². The molecule has 1 N–H and O–H groups in total. The first-order valence-corrected chi connectivity index (χ1v) is 10.6. The number of hydrogen-bond donors (Lipinski definition) is 1. The van der Waals surface area contributed by atoms with Gasteiger partial charge in [0.25, 0.3) is 5.91 Å². The van der Waals surface area contributed by atoms with Gasteiger partial charge in [-0.1, -0.05) is 0 Å². The number of carbonyl (C=O) groups is 2. The average Bonchev–Trinajstić information content (AvgIpc) is 3.31. The van der Waals surface area contributed by atoms with E-state index in [1.54, 1.807) is 23.1 Å². The zero-order valence-corrected chi connectivity index (χ0v) is 16.4. The van der Waals surface area contributed by atoms with Crippen LogP contribution in [-0.2, 0) is 22.4 Å². The highest BCUT2D eigenvalue weighted by Gasteiger charge is 2.30. The van der Waals surface area contributed by atoms with Gasteiger partial charge in [0.1, 0.15) is 17.4 Å². The first kappa shape index (κ1) is 18.8. The molecule has 2 aromatic heterocycles. The lowest BCUT2D eigenvalue weighted by Gasteiger charge is -2.18. The van der Waals surface area contributed by atoms with Crippen LogP contribution in [-0.4, -0.2) is 57.2 Å². The number of thioether (sulfide) groups is 1. The maximum absolute atomic E-state index is 13.1. The van der Waals surface area contributed by atoms with E-state index in [2.05, 4.69) is 20.8 Å². The highest BCUT2D eigenvalue weighted by Crippen LogP contribution is 2.36. The van der Waals surface area contributed by atoms with Crippen LogP contribution in [0.3, 0.4) is 0 Å². The summed E-state index contributed by atoms with van der Waals surface area (Å²) in [4.78, 5) is 26.3. The Balaban J connectivity index is 1.92. The van der Waals surface area contributed by atoms with Gasteiger partial charge in [-0.25, -0.2) is 4.79 Å². The predicted octanol–water partition coefficient (Wildman–Crippen LogP) is 1.63. The van der Waals surface area contributed by atoms with Crippen LogP contribution in [0.25, 0.3) is 5.00 Å². The van der Waals surface area contributed by atoms with Gasteiger partial charge >= 0.3 is 5.97 Å². The summed E-state index contributed by atoms with van der Waals surface area (Å²) in [7, 11) is 1.33. The minimum atomic E-state index is -0.666. The summed E-state index contributed by atoms with van der Waals surface area (Å²) in [6.45, 7) is 0. The third-order valence-corrected chi connectivity index (χ3v) is 6.26. The van der Waals surface area contributed by atoms with Crippen molar-refractivity contribution in [3.05, 3.63) is 22.3 Å². The molecule has 8 nitrogen and oxygen atoms in total. The minimum absolute atomic E-state index is 0.272. The number of methoxy groups -OCH3 is 1. The Morgan fingerprint density at radius 3 is 2.92 bits per heavy atom. The van der Waals surface area contributed by atoms with Crippen molar-refractivity contribution in [1.29, 1.82) is 0 Å². The molecule has 10 heteroatoms. The van der Waals surface area contributed by atoms with Gasteiger partial charge in [0, 0.05) is 4.88 Å². The van der Waals surface area contributed by atoms with Crippen molar-refractivity contribution < 1.29 is 14.3 Å². The number of esters is 1. The zero-order chi connectivity index (χ0) is 18.5. The third-order valence-electron chi connectivity index (χ3n) is 4.34. The van der Waals surface area contributed by atoms with Gasteiger partial charge in [0.05, 0.1) is 12.7 Å². The molecule has 0 saturated carbocycles. The summed E-state index contributed by atoms with van der Waals surface area (Å²) < 4.78 is 6.37. The number of carbonyl (C=O) groups excluding carboxylic acids is 2. The first-order valence-electron chi connectivity index (χ1n) is 8.41. The lowest BCUT2D eigenvalue weighted by Crippen LogP contribution is -2.42. The number of amides is 1. The molecule has 0 fully saturated rings. The number of nitrogens with zero attached hydrogens (tertiary/aromatic N) is 4. The van der Waals surface area contributed by atoms with Crippen LogP contribution >= 0.6 is 23.1 Å². The highest BCUT2D eigenvalue weighted by atomic mass is 32.2. The fourth-order valence-corrected chi connectivity index (χ4v) is 4.83. The van der Waals surface area contributed by atoms with E-state index in [0.717, 1.165) is 37.0 Å². The van der Waals surface area contributed by atoms with Gasteiger partial charge in [-0.15, -0.1) is 16.4 Å². The molecule has 2 aromatic rings. The minimum Gasteiger partial charge on any atom is -0.467 e. The molecule has 2 heterocycles. The van der Waals surface area contributed by atoms with Crippen molar-refractivity contribution in [2.45, 2.75) is 38.1 Å². The number of tetrazole rings is 1. The molecule has 3 rings (SSSR count). The Morgan fingerprint density at radius 2 is 2.23 bits per heavy atom. The summed E-state index contributed by atoms with van der Waals surface area (Å²) in [5.41, 5.74) is 1.63. The van der Waals surface area contributed by atoms with Crippen LogP contribution in [0.5, 0.6) is 0 Å². The molecule has 1 amide bonds. The largest absolute Gasteiger partial charge is 0.467 e. The molecule has 0 radical (unpaired) electrons. The smallest absolute Gasteiger partial charge is 0.328 e. The molecule has 1 aliphatic rings. The summed E-state index contributed by atoms with van der Waals surface area (Å²) in [6, 6.07) is -0.666. The molecule has 1 aliphatic carbocycles. The predicted molar refractivity (Wildman–Crippen MR) is 99.9 cm³/mol. The van der Waals surface area contributed by atoms with Gasteiger partial charge in [0.15, 0.2) is 0 Å². The molecule has 140 valence electrons. The van der Waals surface area contributed by atoms with Crippen LogP contribution in [0.4, 0.5) is 0 Å². The molecule has 0 aliphatic heterocycles. The second-order valence-electron chi connectivity index (χ2n) is 5.98. The van der Waals surface area contributed by atoms with Gasteiger partial charge < -0.3 is 10.1 Å². The molecule has 1 atom stereocenters. The second-order valence-corrected chi connectivity index (χ2v) is 8.05. The normalized spacial score (nSPS) is 14.5. The Kier molecular flexibility index (Phi) is 6.25. The Morgan fingerprint density at radius 1 is 1.42 bits per heavy atom. The molecular weight excluding hydrogens is 374 g/mol. The van der Waals surface area contributed by atoms with E-state index in [9.17, 15) is 9.59 Å². The van der Waals surface area contributed by atoms with E-state index >= 15 is 0 Å². The lowest BCUT2D eigenvalue weighted by molar-refractivity contribution is -0.142. The fraction of sp³-hybridized carbons (Fsp3) is 0.562. The molecule has 0 saturated heterocycles. The Labute approximate surface area is 159 Å². The number of rotatable bonds is 7. The molecular formula is C16H21N5O3S2. The van der Waals surface area contributed by atoms with E-state index in [0.29, 0.717) is 17.0 Å². The van der Waals surface area contributed by atoms with Crippen LogP contribution in [0.15, 0.2) is 6.33 Å². The third kappa shape index (κ3) is 3.90. The van der Waals surface area contributed by atoms with Gasteiger partial charge in [-0.2, -0.15) is 16.4 Å². The van der Waals surface area contributed by atoms with Crippen molar-refractivity contribution in [3.8, 4) is 5.00 Å². The van der Waals surface area contributed by atoms with E-state index in [-0.39, 0.29) is 5.91 Å². The molecule has 26 heavy (non-hydrogen) atoms. The van der Waals surface area contributed by atoms with Crippen LogP contribution in [0, 0.1) is 0 Å². The number of ether oxygens (including phenoxy) is 1. The summed E-state index contributed by atoms with van der Waals surface area (Å²) in [5, 5.41) is 14.9. The van der Waals surface area contributed by atoms with Crippen LogP contribution < -0.4 is 5.32 Å². The maximum atomic E-state index is 13.1. The van der Waals surface area contributed by atoms with Crippen molar-refractivity contribution in [2.24, 2.45) is 0 Å². The van der Waals surface area contributed by atoms with Crippen molar-refractivity contribution in [2.75, 3.05) is 19.1 Å². The highest BCUT2D eigenvalue weighted by molar-refractivity contribution is 7.98. The van der Waals surface area contributed by atoms with Gasteiger partial charge in [0.2, 0.25) is 0 Å². The Hall–Kier alpha value is -1.94. The fourth-order valence-electron chi connectivity index (χ4n) is 3.06.